The monoisotopic (exact) mass is 414 g/mol. The summed E-state index contributed by atoms with van der Waals surface area (Å²) < 4.78 is 6.29. The van der Waals surface area contributed by atoms with Gasteiger partial charge in [-0.3, -0.25) is 9.69 Å². The van der Waals surface area contributed by atoms with Crippen LogP contribution in [0.4, 0.5) is 0 Å². The summed E-state index contributed by atoms with van der Waals surface area (Å²) >= 11 is 0. The molecule has 1 fully saturated rings. The second-order valence-electron chi connectivity index (χ2n) is 7.96. The Morgan fingerprint density at radius 2 is 1.32 bits per heavy atom. The van der Waals surface area contributed by atoms with Crippen LogP contribution in [0.3, 0.4) is 0 Å². The molecule has 3 aromatic carbocycles. The van der Waals surface area contributed by atoms with Crippen LogP contribution in [0, 0.1) is 0 Å². The number of piperazine rings is 1. The van der Waals surface area contributed by atoms with Crippen molar-refractivity contribution >= 4 is 5.91 Å². The molecule has 160 valence electrons. The van der Waals surface area contributed by atoms with Crippen molar-refractivity contribution in [3.63, 3.8) is 0 Å². The molecule has 0 N–H and O–H groups in total. The third-order valence-electron chi connectivity index (χ3n) is 5.81. The van der Waals surface area contributed by atoms with E-state index < -0.39 is 0 Å². The van der Waals surface area contributed by atoms with Crippen LogP contribution < -0.4 is 0 Å². The van der Waals surface area contributed by atoms with Crippen LogP contribution in [-0.4, -0.2) is 55.0 Å². The van der Waals surface area contributed by atoms with Crippen molar-refractivity contribution in [3.8, 4) is 0 Å². The molecule has 0 saturated carbocycles. The van der Waals surface area contributed by atoms with Crippen molar-refractivity contribution in [3.05, 3.63) is 108 Å². The Bertz CT molecular complexity index is 892. The number of hydrogen-bond donors (Lipinski definition) is 0. The number of ether oxygens (including phenoxy) is 1. The molecule has 4 heteroatoms. The maximum absolute atomic E-state index is 12.7. The summed E-state index contributed by atoms with van der Waals surface area (Å²) in [5.41, 5.74) is 3.58. The van der Waals surface area contributed by atoms with Crippen molar-refractivity contribution < 1.29 is 9.53 Å². The number of nitrogens with zero attached hydrogens (tertiary/aromatic N) is 2. The highest BCUT2D eigenvalue weighted by molar-refractivity contribution is 5.79. The number of carbonyl (C=O) groups is 1. The normalized spacial score (nSPS) is 14.9. The summed E-state index contributed by atoms with van der Waals surface area (Å²) in [6, 6.07) is 31.0. The van der Waals surface area contributed by atoms with E-state index in [0.29, 0.717) is 19.7 Å². The molecule has 0 spiro atoms. The minimum absolute atomic E-state index is 0.121. The third kappa shape index (κ3) is 6.03. The van der Waals surface area contributed by atoms with E-state index in [2.05, 4.69) is 53.4 Å². The molecule has 1 aliphatic heterocycles. The Balaban J connectivity index is 1.27. The van der Waals surface area contributed by atoms with Crippen molar-refractivity contribution in [1.29, 1.82) is 0 Å². The minimum atomic E-state index is -0.121. The van der Waals surface area contributed by atoms with Gasteiger partial charge in [-0.25, -0.2) is 0 Å². The van der Waals surface area contributed by atoms with E-state index in [9.17, 15) is 4.79 Å². The molecule has 31 heavy (non-hydrogen) atoms. The quantitative estimate of drug-likeness (QED) is 0.527. The Morgan fingerprint density at radius 1 is 0.742 bits per heavy atom. The number of carbonyl (C=O) groups excluding carboxylic acids is 1. The topological polar surface area (TPSA) is 32.8 Å². The highest BCUT2D eigenvalue weighted by atomic mass is 16.5. The van der Waals surface area contributed by atoms with Gasteiger partial charge in [0, 0.05) is 26.2 Å². The van der Waals surface area contributed by atoms with Crippen molar-refractivity contribution in [2.75, 3.05) is 39.3 Å². The van der Waals surface area contributed by atoms with Gasteiger partial charge in [0.15, 0.2) is 0 Å². The molecule has 1 heterocycles. The summed E-state index contributed by atoms with van der Waals surface area (Å²) in [5.74, 6) is 0.193. The molecule has 3 aromatic rings. The zero-order chi connectivity index (χ0) is 21.3. The molecular formula is C27H30N2O2. The zero-order valence-corrected chi connectivity index (χ0v) is 17.9. The van der Waals surface area contributed by atoms with E-state index in [-0.39, 0.29) is 12.0 Å². The molecule has 4 nitrogen and oxygen atoms in total. The van der Waals surface area contributed by atoms with Gasteiger partial charge in [-0.05, 0) is 23.1 Å². The van der Waals surface area contributed by atoms with Crippen LogP contribution in [0.2, 0.25) is 0 Å². The molecule has 0 unspecified atom stereocenters. The Kier molecular flexibility index (Phi) is 7.48. The SMILES string of the molecule is O=C1CN(CCc2ccccc2)CCN1CCOC(c1ccccc1)c1ccccc1. The average molecular weight is 415 g/mol. The lowest BCUT2D eigenvalue weighted by atomic mass is 10.0. The fourth-order valence-electron chi connectivity index (χ4n) is 4.04. The van der Waals surface area contributed by atoms with Crippen LogP contribution in [-0.2, 0) is 16.0 Å². The Hall–Kier alpha value is -2.95. The fraction of sp³-hybridized carbons (Fsp3) is 0.296. The van der Waals surface area contributed by atoms with Crippen LogP contribution in [0.1, 0.15) is 22.8 Å². The third-order valence-corrected chi connectivity index (χ3v) is 5.81. The van der Waals surface area contributed by atoms with E-state index >= 15 is 0 Å². The molecule has 0 aliphatic carbocycles. The first-order valence-corrected chi connectivity index (χ1v) is 11.0. The predicted octanol–water partition coefficient (Wildman–Crippen LogP) is 4.18. The van der Waals surface area contributed by atoms with Gasteiger partial charge >= 0.3 is 0 Å². The summed E-state index contributed by atoms with van der Waals surface area (Å²) in [5, 5.41) is 0. The first-order chi connectivity index (χ1) is 15.3. The zero-order valence-electron chi connectivity index (χ0n) is 17.9. The molecule has 0 radical (unpaired) electrons. The Morgan fingerprint density at radius 3 is 1.90 bits per heavy atom. The highest BCUT2D eigenvalue weighted by Crippen LogP contribution is 2.25. The molecule has 1 amide bonds. The van der Waals surface area contributed by atoms with Crippen molar-refractivity contribution in [2.24, 2.45) is 0 Å². The van der Waals surface area contributed by atoms with Crippen LogP contribution in [0.15, 0.2) is 91.0 Å². The van der Waals surface area contributed by atoms with E-state index in [1.54, 1.807) is 0 Å². The lowest BCUT2D eigenvalue weighted by Crippen LogP contribution is -2.51. The molecule has 0 bridgehead atoms. The Labute approximate surface area is 185 Å². The lowest BCUT2D eigenvalue weighted by molar-refractivity contribution is -0.137. The minimum Gasteiger partial charge on any atom is -0.367 e. The predicted molar refractivity (Wildman–Crippen MR) is 124 cm³/mol. The number of rotatable bonds is 9. The van der Waals surface area contributed by atoms with Crippen LogP contribution in [0.5, 0.6) is 0 Å². The maximum Gasteiger partial charge on any atom is 0.236 e. The van der Waals surface area contributed by atoms with Crippen molar-refractivity contribution in [2.45, 2.75) is 12.5 Å². The number of benzene rings is 3. The van der Waals surface area contributed by atoms with Crippen molar-refractivity contribution in [1.82, 2.24) is 9.80 Å². The molecule has 1 saturated heterocycles. The summed E-state index contributed by atoms with van der Waals surface area (Å²) in [6.07, 6.45) is 0.859. The van der Waals surface area contributed by atoms with Gasteiger partial charge in [-0.2, -0.15) is 0 Å². The number of amides is 1. The molecular weight excluding hydrogens is 384 g/mol. The van der Waals surface area contributed by atoms with Gasteiger partial charge in [0.25, 0.3) is 0 Å². The van der Waals surface area contributed by atoms with Gasteiger partial charge in [-0.15, -0.1) is 0 Å². The lowest BCUT2D eigenvalue weighted by Gasteiger charge is -2.34. The van der Waals surface area contributed by atoms with Gasteiger partial charge in [0.05, 0.1) is 13.2 Å². The van der Waals surface area contributed by atoms with Crippen LogP contribution in [0.25, 0.3) is 0 Å². The number of hydrogen-bond acceptors (Lipinski definition) is 3. The maximum atomic E-state index is 12.7. The average Bonchev–Trinajstić information content (AvgIpc) is 2.83. The second kappa shape index (κ2) is 10.9. The van der Waals surface area contributed by atoms with Gasteiger partial charge in [-0.1, -0.05) is 91.0 Å². The highest BCUT2D eigenvalue weighted by Gasteiger charge is 2.24. The smallest absolute Gasteiger partial charge is 0.236 e. The van der Waals surface area contributed by atoms with E-state index in [1.807, 2.05) is 47.4 Å². The van der Waals surface area contributed by atoms with E-state index in [4.69, 9.17) is 4.74 Å². The first kappa shape index (κ1) is 21.3. The summed E-state index contributed by atoms with van der Waals surface area (Å²) in [4.78, 5) is 16.9. The van der Waals surface area contributed by atoms with Gasteiger partial charge in [0.2, 0.25) is 5.91 Å². The molecule has 4 rings (SSSR count). The molecule has 0 aromatic heterocycles. The largest absolute Gasteiger partial charge is 0.367 e. The molecule has 1 aliphatic rings. The van der Waals surface area contributed by atoms with E-state index in [1.165, 1.54) is 5.56 Å². The van der Waals surface area contributed by atoms with E-state index in [0.717, 1.165) is 37.2 Å². The summed E-state index contributed by atoms with van der Waals surface area (Å²) in [7, 11) is 0. The van der Waals surface area contributed by atoms with Gasteiger partial charge in [0.1, 0.15) is 6.10 Å². The van der Waals surface area contributed by atoms with Crippen LogP contribution >= 0.6 is 0 Å². The second-order valence-corrected chi connectivity index (χ2v) is 7.96. The molecule has 0 atom stereocenters. The summed E-state index contributed by atoms with van der Waals surface area (Å²) in [6.45, 7) is 4.24. The first-order valence-electron chi connectivity index (χ1n) is 11.0. The fourth-order valence-corrected chi connectivity index (χ4v) is 4.04. The van der Waals surface area contributed by atoms with Gasteiger partial charge < -0.3 is 9.64 Å². The standard InChI is InChI=1S/C27H30N2O2/c30-26-22-28(17-16-23-10-4-1-5-11-23)18-19-29(26)20-21-31-27(24-12-6-2-7-13-24)25-14-8-3-9-15-25/h1-15,27H,16-22H2.